The average molecular weight is 832 g/mol. The van der Waals surface area contributed by atoms with Crippen molar-refractivity contribution in [1.82, 2.24) is 5.32 Å². The molecule has 15 nitrogen and oxygen atoms in total. The van der Waals surface area contributed by atoms with Crippen LogP contribution >= 0.6 is 0 Å². The first-order chi connectivity index (χ1) is 28.1. The summed E-state index contributed by atoms with van der Waals surface area (Å²) < 4.78 is 30.2. The highest BCUT2D eigenvalue weighted by atomic mass is 16.6. The lowest BCUT2D eigenvalue weighted by molar-refractivity contribution is -0.346. The zero-order chi connectivity index (χ0) is 44.1. The molecule has 1 aliphatic heterocycles. The van der Waals surface area contributed by atoms with Crippen molar-refractivity contribution in [3.8, 4) is 0 Å². The van der Waals surface area contributed by atoms with Gasteiger partial charge in [0.05, 0.1) is 35.6 Å². The van der Waals surface area contributed by atoms with E-state index in [0.717, 1.165) is 13.8 Å². The third-order valence-electron chi connectivity index (χ3n) is 13.2. The van der Waals surface area contributed by atoms with Crippen LogP contribution in [-0.2, 0) is 47.7 Å². The number of aliphatic hydroxyl groups excluding tert-OH is 2. The molecule has 4 aliphatic rings. The minimum Gasteiger partial charge on any atom is -0.456 e. The number of ether oxygens (including phenoxy) is 5. The topological polar surface area (TPSA) is 221 Å². The molecule has 6 rings (SSSR count). The van der Waals surface area contributed by atoms with Gasteiger partial charge in [0.25, 0.3) is 0 Å². The number of carbonyl (C=O) groups excluding carboxylic acids is 6. The summed E-state index contributed by atoms with van der Waals surface area (Å²) >= 11 is 0. The van der Waals surface area contributed by atoms with Crippen LogP contribution in [0, 0.1) is 16.7 Å². The molecule has 60 heavy (non-hydrogen) atoms. The van der Waals surface area contributed by atoms with Crippen LogP contribution in [0.1, 0.15) is 90.2 Å². The largest absolute Gasteiger partial charge is 0.456 e. The molecule has 1 amide bonds. The SMILES string of the molecule is C/C=C(/C)C(=O)N[C@H](c1ccccc1)[C@H](O)C(=O)O[C@@H]1C[C@@]2(O)[C@H](OC(=O)c3ccccc3)[C@@H]3[C@]4(OC(C)=O)CO[C@@H]4C[C@H](O)[C@]3(C)C(=O)[C@@H](OC(C)=O)C(=C1C)C2(C)C. The molecule has 1 saturated heterocycles. The normalized spacial score (nSPS) is 32.9. The molecule has 2 aromatic carbocycles. The molecule has 2 bridgehead atoms. The summed E-state index contributed by atoms with van der Waals surface area (Å²) in [6, 6.07) is 14.8. The number of aliphatic hydroxyl groups is 3. The molecule has 3 aliphatic carbocycles. The van der Waals surface area contributed by atoms with Gasteiger partial charge < -0.3 is 44.3 Å². The van der Waals surface area contributed by atoms with E-state index in [-0.39, 0.29) is 29.7 Å². The fourth-order valence-corrected chi connectivity index (χ4v) is 9.75. The quantitative estimate of drug-likeness (QED) is 0.117. The first-order valence-electron chi connectivity index (χ1n) is 19.9. The van der Waals surface area contributed by atoms with E-state index in [1.807, 2.05) is 0 Å². The second-order valence-electron chi connectivity index (χ2n) is 17.0. The molecule has 1 heterocycles. The summed E-state index contributed by atoms with van der Waals surface area (Å²) in [6.07, 6.45) is -8.88. The highest BCUT2D eigenvalue weighted by Crippen LogP contribution is 2.64. The molecule has 3 fully saturated rings. The van der Waals surface area contributed by atoms with E-state index in [9.17, 15) is 39.3 Å². The van der Waals surface area contributed by atoms with Gasteiger partial charge in [0.1, 0.15) is 23.9 Å². The minimum atomic E-state index is -2.38. The fourth-order valence-electron chi connectivity index (χ4n) is 9.75. The number of benzene rings is 2. The van der Waals surface area contributed by atoms with Crippen LogP contribution in [0.15, 0.2) is 83.5 Å². The van der Waals surface area contributed by atoms with Crippen molar-refractivity contribution in [3.05, 3.63) is 94.6 Å². The lowest BCUT2D eigenvalue weighted by atomic mass is 9.44. The number of ketones is 1. The fraction of sp³-hybridized carbons (Fsp3) is 0.511. The second-order valence-corrected chi connectivity index (χ2v) is 17.0. The number of hydrogen-bond acceptors (Lipinski definition) is 14. The van der Waals surface area contributed by atoms with Gasteiger partial charge in [-0.1, -0.05) is 68.5 Å². The molecule has 4 N–H and O–H groups in total. The number of fused-ring (bicyclic) bond motifs is 5. The summed E-state index contributed by atoms with van der Waals surface area (Å²) in [7, 11) is 0. The van der Waals surface area contributed by atoms with Crippen molar-refractivity contribution >= 4 is 35.6 Å². The Morgan fingerprint density at radius 2 is 1.53 bits per heavy atom. The van der Waals surface area contributed by atoms with Crippen molar-refractivity contribution in [2.75, 3.05) is 6.61 Å². The van der Waals surface area contributed by atoms with Crippen LogP contribution in [0.4, 0.5) is 0 Å². The molecule has 0 spiro atoms. The summed E-state index contributed by atoms with van der Waals surface area (Å²) in [5.41, 5.74) is -6.91. The zero-order valence-electron chi connectivity index (χ0n) is 34.9. The number of allylic oxidation sites excluding steroid dienone is 1. The minimum absolute atomic E-state index is 0.00140. The molecule has 15 heteroatoms. The standard InChI is InChI=1S/C45H53NO14/c1-9-23(2)39(52)46-33(27-16-12-10-13-17-27)34(50)41(54)58-29-21-45(55)38(59-40(53)28-18-14-11-15-19-28)36-43(8,30(49)20-31-44(36,22-56-31)60-26(5)48)37(51)35(57-25(4)47)32(24(29)3)42(45,6)7/h9-19,29-31,33-36,38,49-50,55H,20-22H2,1-8H3,(H,46,52)/b23-9-/t29-,30+,31-,33-,34+,35+,36+,38-,43+,44+,45-/m1/s1. The third kappa shape index (κ3) is 7.24. The maximum absolute atomic E-state index is 15.4. The smallest absolute Gasteiger partial charge is 0.338 e. The Hall–Kier alpha value is -5.22. The van der Waals surface area contributed by atoms with Gasteiger partial charge in [-0.25, -0.2) is 9.59 Å². The predicted molar refractivity (Wildman–Crippen MR) is 211 cm³/mol. The number of Topliss-reactive ketones (excluding diaryl/α,β-unsaturated/α-hetero) is 1. The Morgan fingerprint density at radius 3 is 2.08 bits per heavy atom. The molecule has 0 radical (unpaired) electrons. The second kappa shape index (κ2) is 16.3. The van der Waals surface area contributed by atoms with Crippen LogP contribution in [0.3, 0.4) is 0 Å². The Labute approximate surface area is 348 Å². The lowest BCUT2D eigenvalue weighted by Crippen LogP contribution is -2.82. The maximum atomic E-state index is 15.4. The van der Waals surface area contributed by atoms with E-state index in [0.29, 0.717) is 11.1 Å². The zero-order valence-corrected chi connectivity index (χ0v) is 34.9. The van der Waals surface area contributed by atoms with Crippen molar-refractivity contribution < 1.29 is 67.8 Å². The Kier molecular flexibility index (Phi) is 12.1. The Morgan fingerprint density at radius 1 is 0.917 bits per heavy atom. The first kappa shape index (κ1) is 44.3. The highest BCUT2D eigenvalue weighted by molar-refractivity contribution is 5.96. The number of esters is 4. The Balaban J connectivity index is 1.56. The van der Waals surface area contributed by atoms with E-state index in [1.54, 1.807) is 82.3 Å². The van der Waals surface area contributed by atoms with Crippen molar-refractivity contribution in [3.63, 3.8) is 0 Å². The molecule has 0 aromatic heterocycles. The molecule has 2 saturated carbocycles. The van der Waals surface area contributed by atoms with Crippen LogP contribution in [-0.4, -0.2) is 105 Å². The molecule has 2 aromatic rings. The molecular formula is C45H53NO14. The number of rotatable bonds is 10. The van der Waals surface area contributed by atoms with Gasteiger partial charge in [-0.05, 0) is 56.5 Å². The third-order valence-corrected chi connectivity index (χ3v) is 13.2. The van der Waals surface area contributed by atoms with E-state index in [4.69, 9.17) is 23.7 Å². The predicted octanol–water partition coefficient (Wildman–Crippen LogP) is 3.39. The van der Waals surface area contributed by atoms with E-state index >= 15 is 4.79 Å². The Bertz CT molecular complexity index is 2110. The van der Waals surface area contributed by atoms with Crippen molar-refractivity contribution in [2.24, 2.45) is 16.7 Å². The van der Waals surface area contributed by atoms with Gasteiger partial charge in [0.2, 0.25) is 5.91 Å². The molecule has 322 valence electrons. The van der Waals surface area contributed by atoms with Crippen LogP contribution in [0.25, 0.3) is 0 Å². The van der Waals surface area contributed by atoms with Crippen molar-refractivity contribution in [2.45, 2.75) is 122 Å². The van der Waals surface area contributed by atoms with Crippen LogP contribution in [0.5, 0.6) is 0 Å². The van der Waals surface area contributed by atoms with Gasteiger partial charge in [-0.3, -0.25) is 19.2 Å². The van der Waals surface area contributed by atoms with Crippen molar-refractivity contribution in [1.29, 1.82) is 0 Å². The number of nitrogens with one attached hydrogen (secondary N) is 1. The monoisotopic (exact) mass is 831 g/mol. The van der Waals surface area contributed by atoms with Gasteiger partial charge in [-0.2, -0.15) is 0 Å². The van der Waals surface area contributed by atoms with Crippen LogP contribution < -0.4 is 5.32 Å². The number of carbonyl (C=O) groups is 6. The van der Waals surface area contributed by atoms with E-state index in [2.05, 4.69) is 5.32 Å². The van der Waals surface area contributed by atoms with Gasteiger partial charge in [-0.15, -0.1) is 0 Å². The number of hydrogen-bond donors (Lipinski definition) is 4. The van der Waals surface area contributed by atoms with E-state index in [1.165, 1.54) is 26.0 Å². The lowest BCUT2D eigenvalue weighted by Gasteiger charge is -2.67. The average Bonchev–Trinajstić information content (AvgIpc) is 3.20. The van der Waals surface area contributed by atoms with Gasteiger partial charge in [0.15, 0.2) is 23.6 Å². The summed E-state index contributed by atoms with van der Waals surface area (Å²) in [4.78, 5) is 82.9. The molecule has 11 atom stereocenters. The van der Waals surface area contributed by atoms with E-state index < -0.39 is 113 Å². The first-order valence-corrected chi connectivity index (χ1v) is 19.9. The summed E-state index contributed by atoms with van der Waals surface area (Å²) in [5.74, 6) is -6.78. The molecule has 0 unspecified atom stereocenters. The van der Waals surface area contributed by atoms with Crippen LogP contribution in [0.2, 0.25) is 0 Å². The highest BCUT2D eigenvalue weighted by Gasteiger charge is 2.78. The number of amides is 1. The maximum Gasteiger partial charge on any atom is 0.338 e. The van der Waals surface area contributed by atoms with Gasteiger partial charge in [0, 0.05) is 37.7 Å². The van der Waals surface area contributed by atoms with Gasteiger partial charge >= 0.3 is 23.9 Å². The summed E-state index contributed by atoms with van der Waals surface area (Å²) in [5, 5.41) is 40.0. The molecular weight excluding hydrogens is 778 g/mol. The summed E-state index contributed by atoms with van der Waals surface area (Å²) in [6.45, 7) is 11.2.